The van der Waals surface area contributed by atoms with Crippen LogP contribution >= 0.6 is 29.4 Å². The van der Waals surface area contributed by atoms with Crippen LogP contribution in [-0.4, -0.2) is 29.2 Å². The summed E-state index contributed by atoms with van der Waals surface area (Å²) in [6, 6.07) is 0. The second kappa shape index (κ2) is 12.6. The van der Waals surface area contributed by atoms with E-state index in [2.05, 4.69) is 0 Å². The molecule has 0 bridgehead atoms. The fourth-order valence-corrected chi connectivity index (χ4v) is 4.20. The molecule has 0 aromatic carbocycles. The first-order valence-electron chi connectivity index (χ1n) is 6.08. The minimum atomic E-state index is -1.35. The maximum Gasteiger partial charge on any atom is 0.339 e. The second-order valence-corrected chi connectivity index (χ2v) is 8.13. The molecule has 0 aliphatic heterocycles. The van der Waals surface area contributed by atoms with Gasteiger partial charge in [-0.2, -0.15) is 0 Å². The molecule has 0 amide bonds. The Morgan fingerprint density at radius 1 is 1.37 bits per heavy atom. The van der Waals surface area contributed by atoms with Crippen LogP contribution in [0, 0.1) is 0 Å². The molecule has 0 radical (unpaired) electrons. The molecule has 3 N–H and O–H groups in total. The van der Waals surface area contributed by atoms with Gasteiger partial charge in [0.05, 0.1) is 11.4 Å². The first-order valence-corrected chi connectivity index (χ1v) is 10.0. The summed E-state index contributed by atoms with van der Waals surface area (Å²) < 4.78 is 11.4. The lowest BCUT2D eigenvalue weighted by Gasteiger charge is -1.98. The van der Waals surface area contributed by atoms with Crippen LogP contribution in [0.25, 0.3) is 0 Å². The van der Waals surface area contributed by atoms with Crippen LogP contribution in [0.15, 0.2) is 23.3 Å². The van der Waals surface area contributed by atoms with Crippen LogP contribution in [0.3, 0.4) is 0 Å². The van der Waals surface area contributed by atoms with Gasteiger partial charge in [-0.15, -0.1) is 0 Å². The Morgan fingerprint density at radius 3 is 2.74 bits per heavy atom. The van der Waals surface area contributed by atoms with E-state index in [1.54, 1.807) is 21.6 Å². The van der Waals surface area contributed by atoms with E-state index in [0.717, 1.165) is 23.6 Å². The molecule has 7 heteroatoms. The van der Waals surface area contributed by atoms with E-state index in [1.807, 2.05) is 25.2 Å². The normalized spacial score (nSPS) is 12.9. The summed E-state index contributed by atoms with van der Waals surface area (Å²) in [5.41, 5.74) is 5.74. The molecule has 1 atom stereocenters. The minimum Gasteiger partial charge on any atom is -0.481 e. The van der Waals surface area contributed by atoms with Crippen molar-refractivity contribution in [2.45, 2.75) is 26.2 Å². The summed E-state index contributed by atoms with van der Waals surface area (Å²) in [6.45, 7) is 1.94. The van der Waals surface area contributed by atoms with E-state index >= 15 is 0 Å². The number of allylic oxidation sites excluding steroid dienone is 3. The van der Waals surface area contributed by atoms with Crippen LogP contribution in [-0.2, 0) is 9.36 Å². The van der Waals surface area contributed by atoms with E-state index in [4.69, 9.17) is 10.8 Å². The molecule has 0 spiro atoms. The van der Waals surface area contributed by atoms with Gasteiger partial charge >= 0.3 is 13.8 Å². The van der Waals surface area contributed by atoms with Crippen molar-refractivity contribution in [1.82, 2.24) is 0 Å². The first kappa shape index (κ1) is 18.6. The average Bonchev–Trinajstić information content (AvgIpc) is 2.37. The van der Waals surface area contributed by atoms with Gasteiger partial charge < -0.3 is 10.8 Å². The molecule has 108 valence electrons. The van der Waals surface area contributed by atoms with Gasteiger partial charge in [0.15, 0.2) is 6.16 Å². The number of aliphatic carboxylic acids is 1. The largest absolute Gasteiger partial charge is 0.481 e. The summed E-state index contributed by atoms with van der Waals surface area (Å²) in [5.74, 6) is 0.0793. The quantitative estimate of drug-likeness (QED) is 0.260. The fourth-order valence-electron chi connectivity index (χ4n) is 1.11. The number of unbranched alkanes of at least 4 members (excludes halogenated alkanes) is 1. The van der Waals surface area contributed by atoms with Gasteiger partial charge in [0.1, 0.15) is 6.16 Å². The minimum absolute atomic E-state index is 0.00603. The highest BCUT2D eigenvalue weighted by molar-refractivity contribution is 8.78. The highest BCUT2D eigenvalue weighted by atomic mass is 33.1. The van der Waals surface area contributed by atoms with Crippen molar-refractivity contribution in [3.63, 3.8) is 0 Å². The van der Waals surface area contributed by atoms with Crippen LogP contribution in [0.1, 0.15) is 26.2 Å². The maximum atomic E-state index is 11.4. The molecule has 4 nitrogen and oxygen atoms in total. The first-order chi connectivity index (χ1) is 9.06. The average molecular weight is 322 g/mol. The molecule has 0 aliphatic carbocycles. The third-order valence-electron chi connectivity index (χ3n) is 2.07. The van der Waals surface area contributed by atoms with E-state index in [1.165, 1.54) is 0 Å². The highest BCUT2D eigenvalue weighted by Crippen LogP contribution is 2.29. The molecule has 0 saturated carbocycles. The Bertz CT molecular complexity index is 346. The maximum absolute atomic E-state index is 11.4. The smallest absolute Gasteiger partial charge is 0.339 e. The predicted octanol–water partition coefficient (Wildman–Crippen LogP) is 3.83. The molecule has 1 unspecified atom stereocenters. The van der Waals surface area contributed by atoms with Crippen molar-refractivity contribution in [2.24, 2.45) is 5.73 Å². The fraction of sp³-hybridized carbons (Fsp3) is 0.583. The summed E-state index contributed by atoms with van der Waals surface area (Å²) in [5, 5.41) is 9.23. The summed E-state index contributed by atoms with van der Waals surface area (Å²) >= 11 is 0. The SMILES string of the molecule is C/C=C\C=C(/N)SSCCCC[P+](=O)CCC(=O)O. The Hall–Kier alpha value is -0.450. The summed E-state index contributed by atoms with van der Waals surface area (Å²) in [4.78, 5) is 10.3. The van der Waals surface area contributed by atoms with Gasteiger partial charge in [-0.1, -0.05) is 27.5 Å². The topological polar surface area (TPSA) is 80.4 Å². The standard InChI is InChI=1S/C12H20NO3PS2/c1-2-3-6-11(13)19-18-10-5-4-8-17(16)9-7-12(14)15/h2-3,6H,4-5,7-10,13H2,1H3/p+1/b3-2-,11-6+. The van der Waals surface area contributed by atoms with E-state index in [0.29, 0.717) is 12.3 Å². The molecular weight excluding hydrogens is 301 g/mol. The van der Waals surface area contributed by atoms with Crippen molar-refractivity contribution in [3.05, 3.63) is 23.3 Å². The number of carbonyl (C=O) groups is 1. The Labute approximate surface area is 123 Å². The Kier molecular flexibility index (Phi) is 12.3. The third kappa shape index (κ3) is 13.8. The zero-order valence-electron chi connectivity index (χ0n) is 11.1. The molecule has 0 heterocycles. The molecule has 0 aliphatic rings. The highest BCUT2D eigenvalue weighted by Gasteiger charge is 2.15. The van der Waals surface area contributed by atoms with E-state index < -0.39 is 13.8 Å². The van der Waals surface area contributed by atoms with Crippen LogP contribution in [0.2, 0.25) is 0 Å². The van der Waals surface area contributed by atoms with Crippen LogP contribution in [0.4, 0.5) is 0 Å². The third-order valence-corrected chi connectivity index (χ3v) is 5.94. The molecule has 0 aromatic heterocycles. The van der Waals surface area contributed by atoms with Crippen LogP contribution < -0.4 is 5.73 Å². The van der Waals surface area contributed by atoms with E-state index in [9.17, 15) is 9.36 Å². The number of carboxylic acid groups (broad SMARTS) is 1. The number of hydrogen-bond acceptors (Lipinski definition) is 5. The van der Waals surface area contributed by atoms with Crippen molar-refractivity contribution >= 4 is 35.4 Å². The van der Waals surface area contributed by atoms with Crippen molar-refractivity contribution in [3.8, 4) is 0 Å². The van der Waals surface area contributed by atoms with Gasteiger partial charge in [0.2, 0.25) is 0 Å². The summed E-state index contributed by atoms with van der Waals surface area (Å²) in [7, 11) is 1.88. The van der Waals surface area contributed by atoms with Crippen LogP contribution in [0.5, 0.6) is 0 Å². The Balaban J connectivity index is 3.45. The molecule has 0 aromatic rings. The predicted molar refractivity (Wildman–Crippen MR) is 86.0 cm³/mol. The van der Waals surface area contributed by atoms with Crippen molar-refractivity contribution in [1.29, 1.82) is 0 Å². The monoisotopic (exact) mass is 322 g/mol. The second-order valence-electron chi connectivity index (χ2n) is 3.78. The zero-order chi connectivity index (χ0) is 14.5. The summed E-state index contributed by atoms with van der Waals surface area (Å²) in [6.07, 6.45) is 8.46. The van der Waals surface area contributed by atoms with Gasteiger partial charge in [-0.25, -0.2) is 0 Å². The van der Waals surface area contributed by atoms with Crippen molar-refractivity contribution < 1.29 is 14.5 Å². The molecule has 19 heavy (non-hydrogen) atoms. The Morgan fingerprint density at radius 2 is 2.11 bits per heavy atom. The number of nitrogens with two attached hydrogens (primary N) is 1. The molecular formula is C12H21NO3PS2+. The molecule has 0 fully saturated rings. The molecule has 0 saturated heterocycles. The lowest BCUT2D eigenvalue weighted by Crippen LogP contribution is -1.97. The van der Waals surface area contributed by atoms with Gasteiger partial charge in [-0.3, -0.25) is 4.79 Å². The number of hydrogen-bond donors (Lipinski definition) is 2. The number of carboxylic acids is 1. The zero-order valence-corrected chi connectivity index (χ0v) is 13.6. The van der Waals surface area contributed by atoms with Gasteiger partial charge in [-0.05, 0) is 36.6 Å². The number of rotatable bonds is 11. The van der Waals surface area contributed by atoms with Crippen molar-refractivity contribution in [2.75, 3.05) is 18.1 Å². The van der Waals surface area contributed by atoms with Gasteiger partial charge in [0.25, 0.3) is 0 Å². The lowest BCUT2D eigenvalue weighted by atomic mass is 10.4. The molecule has 0 rings (SSSR count). The van der Waals surface area contributed by atoms with E-state index in [-0.39, 0.29) is 6.42 Å². The lowest BCUT2D eigenvalue weighted by molar-refractivity contribution is -0.136. The van der Waals surface area contributed by atoms with Gasteiger partial charge in [0, 0.05) is 5.75 Å².